The minimum atomic E-state index is 0.263. The van der Waals surface area contributed by atoms with Crippen LogP contribution in [0.5, 0.6) is 0 Å². The van der Waals surface area contributed by atoms with Crippen molar-refractivity contribution in [2.45, 2.75) is 63.5 Å². The SMILES string of the molecule is OCC[C@@H]1CN(c2nc(-c3ccccc3)nc3c2CCC3)CCN1C1CCCC1. The zero-order valence-electron chi connectivity index (χ0n) is 17.3. The van der Waals surface area contributed by atoms with Crippen LogP contribution in [0.4, 0.5) is 5.82 Å². The number of aliphatic hydroxyl groups excluding tert-OH is 1. The molecule has 0 amide bonds. The van der Waals surface area contributed by atoms with E-state index in [1.54, 1.807) is 0 Å². The number of fused-ring (bicyclic) bond motifs is 1. The second-order valence-corrected chi connectivity index (χ2v) is 8.80. The van der Waals surface area contributed by atoms with Gasteiger partial charge in [-0.3, -0.25) is 4.90 Å². The molecular formula is C24H32N4O. The maximum absolute atomic E-state index is 9.71. The normalized spacial score (nSPS) is 22.9. The molecule has 1 saturated carbocycles. The molecular weight excluding hydrogens is 360 g/mol. The smallest absolute Gasteiger partial charge is 0.161 e. The van der Waals surface area contributed by atoms with E-state index in [0.717, 1.165) is 56.1 Å². The predicted molar refractivity (Wildman–Crippen MR) is 116 cm³/mol. The highest BCUT2D eigenvalue weighted by molar-refractivity contribution is 5.61. The molecule has 1 aliphatic heterocycles. The van der Waals surface area contributed by atoms with Crippen LogP contribution in [-0.2, 0) is 12.8 Å². The fraction of sp³-hybridized carbons (Fsp3) is 0.583. The summed E-state index contributed by atoms with van der Waals surface area (Å²) in [6.07, 6.45) is 9.54. The summed E-state index contributed by atoms with van der Waals surface area (Å²) in [6, 6.07) is 11.5. The quantitative estimate of drug-likeness (QED) is 0.845. The van der Waals surface area contributed by atoms with Gasteiger partial charge < -0.3 is 10.0 Å². The van der Waals surface area contributed by atoms with E-state index in [2.05, 4.69) is 34.1 Å². The average Bonchev–Trinajstić information content (AvgIpc) is 3.46. The van der Waals surface area contributed by atoms with Gasteiger partial charge in [-0.05, 0) is 38.5 Å². The second kappa shape index (κ2) is 8.41. The highest BCUT2D eigenvalue weighted by Crippen LogP contribution is 2.34. The lowest BCUT2D eigenvalue weighted by atomic mass is 10.0. The number of aryl methyl sites for hydroxylation is 1. The van der Waals surface area contributed by atoms with Gasteiger partial charge in [0.1, 0.15) is 5.82 Å². The minimum Gasteiger partial charge on any atom is -0.396 e. The summed E-state index contributed by atoms with van der Waals surface area (Å²) in [4.78, 5) is 15.2. The lowest BCUT2D eigenvalue weighted by Gasteiger charge is -2.45. The number of benzene rings is 1. The Kier molecular flexibility index (Phi) is 5.51. The fourth-order valence-corrected chi connectivity index (χ4v) is 5.57. The Bertz CT molecular complexity index is 834. The number of hydrogen-bond donors (Lipinski definition) is 1. The van der Waals surface area contributed by atoms with Crippen molar-refractivity contribution in [1.29, 1.82) is 0 Å². The molecule has 0 spiro atoms. The van der Waals surface area contributed by atoms with Crippen molar-refractivity contribution in [1.82, 2.24) is 14.9 Å². The van der Waals surface area contributed by atoms with Gasteiger partial charge in [-0.25, -0.2) is 9.97 Å². The molecule has 2 aromatic rings. The molecule has 154 valence electrons. The number of piperazine rings is 1. The Labute approximate surface area is 173 Å². The van der Waals surface area contributed by atoms with Crippen molar-refractivity contribution >= 4 is 5.82 Å². The van der Waals surface area contributed by atoms with Crippen LogP contribution in [0.2, 0.25) is 0 Å². The van der Waals surface area contributed by atoms with Crippen molar-refractivity contribution in [2.24, 2.45) is 0 Å². The van der Waals surface area contributed by atoms with Crippen molar-refractivity contribution in [3.8, 4) is 11.4 Å². The molecule has 3 aliphatic rings. The zero-order valence-corrected chi connectivity index (χ0v) is 17.3. The Morgan fingerprint density at radius 1 is 0.966 bits per heavy atom. The molecule has 1 aromatic heterocycles. The zero-order chi connectivity index (χ0) is 19.6. The van der Waals surface area contributed by atoms with Gasteiger partial charge in [0, 0.05) is 55.1 Å². The third-order valence-corrected chi connectivity index (χ3v) is 7.03. The maximum Gasteiger partial charge on any atom is 0.161 e. The van der Waals surface area contributed by atoms with Gasteiger partial charge in [0.05, 0.1) is 0 Å². The molecule has 0 radical (unpaired) electrons. The molecule has 1 N–H and O–H groups in total. The highest BCUT2D eigenvalue weighted by atomic mass is 16.3. The summed E-state index contributed by atoms with van der Waals surface area (Å²) in [5.74, 6) is 2.01. The molecule has 2 fully saturated rings. The first-order valence-electron chi connectivity index (χ1n) is 11.4. The summed E-state index contributed by atoms with van der Waals surface area (Å²) >= 11 is 0. The molecule has 1 atom stereocenters. The first kappa shape index (κ1) is 19.0. The molecule has 5 rings (SSSR count). The van der Waals surface area contributed by atoms with Crippen LogP contribution in [0.3, 0.4) is 0 Å². The lowest BCUT2D eigenvalue weighted by molar-refractivity contribution is 0.0981. The Hall–Kier alpha value is -1.98. The summed E-state index contributed by atoms with van der Waals surface area (Å²) in [5.41, 5.74) is 3.70. The number of rotatable bonds is 5. The third kappa shape index (κ3) is 3.78. The van der Waals surface area contributed by atoms with Crippen LogP contribution in [0.25, 0.3) is 11.4 Å². The average molecular weight is 393 g/mol. The van der Waals surface area contributed by atoms with Crippen molar-refractivity contribution in [2.75, 3.05) is 31.1 Å². The molecule has 1 aromatic carbocycles. The topological polar surface area (TPSA) is 52.5 Å². The third-order valence-electron chi connectivity index (χ3n) is 7.03. The number of anilines is 1. The summed E-state index contributed by atoms with van der Waals surface area (Å²) in [6.45, 7) is 3.33. The molecule has 2 heterocycles. The lowest BCUT2D eigenvalue weighted by Crippen LogP contribution is -2.56. The van der Waals surface area contributed by atoms with Gasteiger partial charge in [0.15, 0.2) is 5.82 Å². The molecule has 2 aliphatic carbocycles. The van der Waals surface area contributed by atoms with E-state index >= 15 is 0 Å². The van der Waals surface area contributed by atoms with Crippen LogP contribution in [0.15, 0.2) is 30.3 Å². The first-order chi connectivity index (χ1) is 14.3. The van der Waals surface area contributed by atoms with E-state index in [1.807, 2.05) is 6.07 Å². The molecule has 5 nitrogen and oxygen atoms in total. The number of hydrogen-bond acceptors (Lipinski definition) is 5. The predicted octanol–water partition coefficient (Wildman–Crippen LogP) is 3.45. The monoisotopic (exact) mass is 392 g/mol. The molecule has 29 heavy (non-hydrogen) atoms. The number of aromatic nitrogens is 2. The van der Waals surface area contributed by atoms with Crippen molar-refractivity contribution in [3.05, 3.63) is 41.6 Å². The van der Waals surface area contributed by atoms with Crippen LogP contribution in [0.1, 0.15) is 49.8 Å². The Morgan fingerprint density at radius 3 is 2.59 bits per heavy atom. The summed E-state index contributed by atoms with van der Waals surface area (Å²) in [7, 11) is 0. The van der Waals surface area contributed by atoms with Crippen molar-refractivity contribution in [3.63, 3.8) is 0 Å². The fourth-order valence-electron chi connectivity index (χ4n) is 5.57. The van der Waals surface area contributed by atoms with Gasteiger partial charge in [0.25, 0.3) is 0 Å². The highest BCUT2D eigenvalue weighted by Gasteiger charge is 2.35. The second-order valence-electron chi connectivity index (χ2n) is 8.80. The van der Waals surface area contributed by atoms with Gasteiger partial charge in [-0.15, -0.1) is 0 Å². The maximum atomic E-state index is 9.71. The van der Waals surface area contributed by atoms with Gasteiger partial charge in [-0.2, -0.15) is 0 Å². The van der Waals surface area contributed by atoms with Crippen LogP contribution < -0.4 is 4.90 Å². The van der Waals surface area contributed by atoms with Crippen LogP contribution in [0, 0.1) is 0 Å². The number of nitrogens with zero attached hydrogens (tertiary/aromatic N) is 4. The molecule has 1 saturated heterocycles. The molecule has 0 unspecified atom stereocenters. The van der Waals surface area contributed by atoms with E-state index in [-0.39, 0.29) is 6.61 Å². The van der Waals surface area contributed by atoms with Gasteiger partial charge >= 0.3 is 0 Å². The van der Waals surface area contributed by atoms with E-state index in [0.29, 0.717) is 12.1 Å². The van der Waals surface area contributed by atoms with E-state index in [4.69, 9.17) is 9.97 Å². The van der Waals surface area contributed by atoms with Crippen LogP contribution >= 0.6 is 0 Å². The molecule has 0 bridgehead atoms. The standard InChI is InChI=1S/C24H32N4O/c29-16-13-20-17-27(14-15-28(20)19-9-4-5-10-19)24-21-11-6-12-22(21)25-23(26-24)18-7-2-1-3-8-18/h1-3,7-8,19-20,29H,4-6,9-17H2/t20-/m1/s1. The first-order valence-corrected chi connectivity index (χ1v) is 11.4. The summed E-state index contributed by atoms with van der Waals surface area (Å²) < 4.78 is 0. The van der Waals surface area contributed by atoms with E-state index in [1.165, 1.54) is 43.4 Å². The van der Waals surface area contributed by atoms with Gasteiger partial charge in [-0.1, -0.05) is 43.2 Å². The molecule has 5 heteroatoms. The van der Waals surface area contributed by atoms with E-state index in [9.17, 15) is 5.11 Å². The minimum absolute atomic E-state index is 0.263. The summed E-state index contributed by atoms with van der Waals surface area (Å²) in [5, 5.41) is 9.71. The van der Waals surface area contributed by atoms with E-state index < -0.39 is 0 Å². The Morgan fingerprint density at radius 2 is 1.79 bits per heavy atom. The van der Waals surface area contributed by atoms with Crippen molar-refractivity contribution < 1.29 is 5.11 Å². The Balaban J connectivity index is 1.45. The largest absolute Gasteiger partial charge is 0.396 e. The van der Waals surface area contributed by atoms with Gasteiger partial charge in [0.2, 0.25) is 0 Å². The number of aliphatic hydroxyl groups is 1. The van der Waals surface area contributed by atoms with Crippen LogP contribution in [-0.4, -0.2) is 58.3 Å².